The molecule has 0 unspecified atom stereocenters. The number of aliphatic carboxylic acids is 1. The van der Waals surface area contributed by atoms with Crippen molar-refractivity contribution in [3.8, 4) is 0 Å². The average Bonchev–Trinajstić information content (AvgIpc) is 2.29. The highest BCUT2D eigenvalue weighted by Crippen LogP contribution is 2.26. The third-order valence-electron chi connectivity index (χ3n) is 3.05. The third kappa shape index (κ3) is 4.99. The summed E-state index contributed by atoms with van der Waals surface area (Å²) in [5.74, 6) is -1.48. The first-order valence-corrected chi connectivity index (χ1v) is 6.40. The Labute approximate surface area is 118 Å². The Balaban J connectivity index is 2.64. The van der Waals surface area contributed by atoms with Gasteiger partial charge in [0.15, 0.2) is 0 Å². The van der Waals surface area contributed by atoms with Crippen LogP contribution < -0.4 is 0 Å². The molecule has 110 valence electrons. The van der Waals surface area contributed by atoms with E-state index in [1.165, 1.54) is 11.0 Å². The van der Waals surface area contributed by atoms with Gasteiger partial charge in [-0.15, -0.1) is 0 Å². The predicted octanol–water partition coefficient (Wildman–Crippen LogP) is 2.68. The standard InChI is InChI=1S/C15H20FNO3/c1-15(2,9-14(19)20)8-13(18)17(3)10-11-6-4-5-7-12(11)16/h4-7H,8-10H2,1-3H3,(H,19,20). The van der Waals surface area contributed by atoms with Crippen LogP contribution in [0.25, 0.3) is 0 Å². The van der Waals surface area contributed by atoms with Crippen molar-refractivity contribution in [3.63, 3.8) is 0 Å². The summed E-state index contributed by atoms with van der Waals surface area (Å²) in [7, 11) is 1.59. The molecule has 0 heterocycles. The minimum atomic E-state index is -0.931. The number of nitrogens with zero attached hydrogens (tertiary/aromatic N) is 1. The fourth-order valence-corrected chi connectivity index (χ4v) is 1.99. The Morgan fingerprint density at radius 2 is 1.85 bits per heavy atom. The molecule has 20 heavy (non-hydrogen) atoms. The molecule has 0 atom stereocenters. The zero-order valence-electron chi connectivity index (χ0n) is 12.0. The fourth-order valence-electron chi connectivity index (χ4n) is 1.99. The van der Waals surface area contributed by atoms with E-state index in [0.717, 1.165) is 0 Å². The first kappa shape index (κ1) is 16.1. The summed E-state index contributed by atoms with van der Waals surface area (Å²) in [5, 5.41) is 8.80. The normalized spacial score (nSPS) is 11.2. The van der Waals surface area contributed by atoms with Gasteiger partial charge in [0.1, 0.15) is 5.82 Å². The minimum absolute atomic E-state index is 0.0771. The van der Waals surface area contributed by atoms with Crippen LogP contribution in [0.1, 0.15) is 32.3 Å². The number of rotatable bonds is 6. The number of carbonyl (C=O) groups excluding carboxylic acids is 1. The second-order valence-electron chi connectivity index (χ2n) is 5.75. The van der Waals surface area contributed by atoms with Crippen molar-refractivity contribution in [2.75, 3.05) is 7.05 Å². The van der Waals surface area contributed by atoms with Crippen LogP contribution in [0.15, 0.2) is 24.3 Å². The average molecular weight is 281 g/mol. The molecule has 0 saturated carbocycles. The van der Waals surface area contributed by atoms with Gasteiger partial charge in [0, 0.05) is 25.6 Å². The molecule has 0 spiro atoms. The van der Waals surface area contributed by atoms with Gasteiger partial charge in [-0.3, -0.25) is 9.59 Å². The van der Waals surface area contributed by atoms with E-state index in [0.29, 0.717) is 5.56 Å². The highest BCUT2D eigenvalue weighted by atomic mass is 19.1. The zero-order chi connectivity index (χ0) is 15.3. The lowest BCUT2D eigenvalue weighted by Crippen LogP contribution is -2.31. The quantitative estimate of drug-likeness (QED) is 0.872. The van der Waals surface area contributed by atoms with Crippen LogP contribution >= 0.6 is 0 Å². The number of benzene rings is 1. The fraction of sp³-hybridized carbons (Fsp3) is 0.467. The van der Waals surface area contributed by atoms with Gasteiger partial charge in [-0.1, -0.05) is 32.0 Å². The first-order chi connectivity index (χ1) is 9.21. The smallest absolute Gasteiger partial charge is 0.303 e. The largest absolute Gasteiger partial charge is 0.481 e. The van der Waals surface area contributed by atoms with E-state index in [4.69, 9.17) is 5.11 Å². The topological polar surface area (TPSA) is 57.6 Å². The maximum absolute atomic E-state index is 13.5. The molecule has 5 heteroatoms. The number of amides is 1. The van der Waals surface area contributed by atoms with Crippen LogP contribution in [0, 0.1) is 11.2 Å². The van der Waals surface area contributed by atoms with Gasteiger partial charge in [-0.05, 0) is 11.5 Å². The maximum atomic E-state index is 13.5. The van der Waals surface area contributed by atoms with Gasteiger partial charge in [0.05, 0.1) is 6.42 Å². The number of hydrogen-bond donors (Lipinski definition) is 1. The number of carbonyl (C=O) groups is 2. The van der Waals surface area contributed by atoms with Gasteiger partial charge in [-0.2, -0.15) is 0 Å². The van der Waals surface area contributed by atoms with Crippen molar-refractivity contribution in [3.05, 3.63) is 35.6 Å². The zero-order valence-corrected chi connectivity index (χ0v) is 12.0. The van der Waals surface area contributed by atoms with Crippen molar-refractivity contribution >= 4 is 11.9 Å². The number of halogens is 1. The van der Waals surface area contributed by atoms with Crippen molar-refractivity contribution in [1.82, 2.24) is 4.90 Å². The Kier molecular flexibility index (Phi) is 5.25. The van der Waals surface area contributed by atoms with E-state index in [9.17, 15) is 14.0 Å². The Morgan fingerprint density at radius 1 is 1.25 bits per heavy atom. The summed E-state index contributed by atoms with van der Waals surface area (Å²) in [6.07, 6.45) is 0.0382. The molecule has 0 aliphatic heterocycles. The van der Waals surface area contributed by atoms with Crippen LogP contribution in [0.5, 0.6) is 0 Å². The van der Waals surface area contributed by atoms with Gasteiger partial charge >= 0.3 is 5.97 Å². The van der Waals surface area contributed by atoms with Crippen molar-refractivity contribution in [2.45, 2.75) is 33.2 Å². The summed E-state index contributed by atoms with van der Waals surface area (Å²) in [6, 6.07) is 6.28. The van der Waals surface area contributed by atoms with E-state index < -0.39 is 11.4 Å². The van der Waals surface area contributed by atoms with Crippen molar-refractivity contribution in [1.29, 1.82) is 0 Å². The van der Waals surface area contributed by atoms with Crippen LogP contribution in [-0.2, 0) is 16.1 Å². The molecule has 0 aromatic heterocycles. The molecule has 0 radical (unpaired) electrons. The van der Waals surface area contributed by atoms with E-state index >= 15 is 0 Å². The van der Waals surface area contributed by atoms with Crippen LogP contribution in [0.3, 0.4) is 0 Å². The van der Waals surface area contributed by atoms with Crippen molar-refractivity contribution < 1.29 is 19.1 Å². The van der Waals surface area contributed by atoms with E-state index in [1.807, 2.05) is 0 Å². The van der Waals surface area contributed by atoms with Gasteiger partial charge in [0.2, 0.25) is 5.91 Å². The van der Waals surface area contributed by atoms with Gasteiger partial charge in [0.25, 0.3) is 0 Å². The molecule has 1 rings (SSSR count). The van der Waals surface area contributed by atoms with Gasteiger partial charge in [-0.25, -0.2) is 4.39 Å². The van der Waals surface area contributed by atoms with Crippen LogP contribution in [0.2, 0.25) is 0 Å². The third-order valence-corrected chi connectivity index (χ3v) is 3.05. The van der Waals surface area contributed by atoms with Crippen LogP contribution in [0.4, 0.5) is 4.39 Å². The van der Waals surface area contributed by atoms with E-state index in [-0.39, 0.29) is 31.1 Å². The molecule has 1 aromatic carbocycles. The molecule has 4 nitrogen and oxygen atoms in total. The number of hydrogen-bond acceptors (Lipinski definition) is 2. The van der Waals surface area contributed by atoms with Crippen LogP contribution in [-0.4, -0.2) is 28.9 Å². The Bertz CT molecular complexity index is 500. The number of carboxylic acids is 1. The molecular weight excluding hydrogens is 261 g/mol. The molecule has 1 N–H and O–H groups in total. The highest BCUT2D eigenvalue weighted by Gasteiger charge is 2.26. The summed E-state index contributed by atoms with van der Waals surface area (Å²) >= 11 is 0. The molecule has 0 fully saturated rings. The summed E-state index contributed by atoms with van der Waals surface area (Å²) in [6.45, 7) is 3.64. The lowest BCUT2D eigenvalue weighted by Gasteiger charge is -2.25. The Morgan fingerprint density at radius 3 is 2.40 bits per heavy atom. The van der Waals surface area contributed by atoms with Gasteiger partial charge < -0.3 is 10.0 Å². The SMILES string of the molecule is CN(Cc1ccccc1F)C(=O)CC(C)(C)CC(=O)O. The second-order valence-corrected chi connectivity index (χ2v) is 5.75. The molecule has 0 aliphatic carbocycles. The Hall–Kier alpha value is -1.91. The lowest BCUT2D eigenvalue weighted by molar-refractivity contribution is -0.140. The molecule has 0 aliphatic rings. The van der Waals surface area contributed by atoms with E-state index in [1.54, 1.807) is 39.1 Å². The maximum Gasteiger partial charge on any atom is 0.303 e. The predicted molar refractivity (Wildman–Crippen MR) is 73.5 cm³/mol. The first-order valence-electron chi connectivity index (χ1n) is 6.40. The molecular formula is C15H20FNO3. The van der Waals surface area contributed by atoms with Crippen molar-refractivity contribution in [2.24, 2.45) is 5.41 Å². The summed E-state index contributed by atoms with van der Waals surface area (Å²) in [4.78, 5) is 24.2. The number of carboxylic acid groups (broad SMARTS) is 1. The summed E-state index contributed by atoms with van der Waals surface area (Å²) < 4.78 is 13.5. The lowest BCUT2D eigenvalue weighted by atomic mass is 9.85. The minimum Gasteiger partial charge on any atom is -0.481 e. The summed E-state index contributed by atoms with van der Waals surface area (Å²) in [5.41, 5.74) is -0.175. The molecule has 1 aromatic rings. The highest BCUT2D eigenvalue weighted by molar-refractivity contribution is 5.77. The van der Waals surface area contributed by atoms with E-state index in [2.05, 4.69) is 0 Å². The monoisotopic (exact) mass is 281 g/mol. The second kappa shape index (κ2) is 6.50. The molecule has 0 bridgehead atoms. The molecule has 0 saturated heterocycles. The molecule has 1 amide bonds.